The SMILES string of the molecule is CC(C)C[C@H](NC(=O)[C@H](CC(C)C)NC(=O)[C@H](Cc1ccccc1)NC(=O)[C@@H](N)CC(=O)O)C(=O)N[C@@H](CCCN=C(N)N)C(=O)N[C@@H](CC(N)=O)C(=O)N1CCC[C@H]1C(=O)O. The third kappa shape index (κ3) is 18.1. The van der Waals surface area contributed by atoms with Crippen molar-refractivity contribution in [3.8, 4) is 0 Å². The lowest BCUT2D eigenvalue weighted by Gasteiger charge is -2.29. The second-order valence-electron chi connectivity index (χ2n) is 16.1. The Bertz CT molecular complexity index is 1770. The number of benzene rings is 1. The number of amides is 7. The highest BCUT2D eigenvalue weighted by atomic mass is 16.4. The lowest BCUT2D eigenvalue weighted by Crippen LogP contribution is -2.60. The smallest absolute Gasteiger partial charge is 0.326 e. The first kappa shape index (κ1) is 51.8. The van der Waals surface area contributed by atoms with Gasteiger partial charge in [-0.25, -0.2) is 4.79 Å². The minimum Gasteiger partial charge on any atom is -0.481 e. The van der Waals surface area contributed by atoms with Crippen molar-refractivity contribution in [2.75, 3.05) is 13.1 Å². The molecule has 1 heterocycles. The zero-order chi connectivity index (χ0) is 46.7. The van der Waals surface area contributed by atoms with Crippen LogP contribution in [-0.4, -0.2) is 130 Å². The first-order valence-electron chi connectivity index (χ1n) is 20.5. The lowest BCUT2D eigenvalue weighted by molar-refractivity contribution is -0.149. The van der Waals surface area contributed by atoms with Crippen LogP contribution in [0.25, 0.3) is 0 Å². The fourth-order valence-corrected chi connectivity index (χ4v) is 6.77. The second kappa shape index (κ2) is 25.5. The number of carboxylic acid groups (broad SMARTS) is 2. The van der Waals surface area contributed by atoms with E-state index in [0.29, 0.717) is 12.0 Å². The third-order valence-corrected chi connectivity index (χ3v) is 9.75. The van der Waals surface area contributed by atoms with E-state index in [0.717, 1.165) is 4.90 Å². The second-order valence-corrected chi connectivity index (χ2v) is 16.1. The van der Waals surface area contributed by atoms with Gasteiger partial charge in [0.05, 0.1) is 18.9 Å². The Labute approximate surface area is 360 Å². The molecule has 62 heavy (non-hydrogen) atoms. The van der Waals surface area contributed by atoms with Crippen LogP contribution in [0.5, 0.6) is 0 Å². The number of guanidine groups is 1. The molecule has 0 aliphatic carbocycles. The standard InChI is InChI=1S/C40H63N11O11/c1-21(2)16-26(48-36(58)27(17-22(3)4)49-37(59)28(18-23-10-6-5-7-11-23)47-33(55)24(41)19-32(53)54)35(57)46-25(12-8-14-45-40(43)44)34(56)50-29(20-31(42)52)38(60)51-15-9-13-30(51)39(61)62/h5-7,10-11,21-22,24-30H,8-9,12-20,41H2,1-4H3,(H2,42,52)(H,46,57)(H,47,55)(H,48,58)(H,49,59)(H,50,56)(H,53,54)(H,61,62)(H4,43,44,45)/t24-,25-,26-,27-,28-,29-,30-/m0/s1. The van der Waals surface area contributed by atoms with Gasteiger partial charge in [-0.1, -0.05) is 58.0 Å². The molecular formula is C40H63N11O11. The van der Waals surface area contributed by atoms with E-state index in [2.05, 4.69) is 31.6 Å². The molecule has 1 fully saturated rings. The number of nitrogens with zero attached hydrogens (tertiary/aromatic N) is 2. The van der Waals surface area contributed by atoms with Gasteiger partial charge in [-0.3, -0.25) is 43.3 Å². The average Bonchev–Trinajstić information content (AvgIpc) is 3.68. The highest BCUT2D eigenvalue weighted by Gasteiger charge is 2.39. The van der Waals surface area contributed by atoms with Crippen LogP contribution < -0.4 is 49.5 Å². The molecule has 7 atom stereocenters. The predicted molar refractivity (Wildman–Crippen MR) is 225 cm³/mol. The number of nitrogens with one attached hydrogen (secondary N) is 5. The van der Waals surface area contributed by atoms with E-state index in [1.54, 1.807) is 58.0 Å². The van der Waals surface area contributed by atoms with Crippen molar-refractivity contribution >= 4 is 59.2 Å². The Morgan fingerprint density at radius 1 is 0.710 bits per heavy atom. The molecule has 0 unspecified atom stereocenters. The van der Waals surface area contributed by atoms with Gasteiger partial charge in [-0.2, -0.15) is 0 Å². The monoisotopic (exact) mass is 873 g/mol. The topological polar surface area (TPSA) is 374 Å². The zero-order valence-corrected chi connectivity index (χ0v) is 35.6. The van der Waals surface area contributed by atoms with Gasteiger partial charge in [0.2, 0.25) is 41.4 Å². The molecule has 0 radical (unpaired) electrons. The van der Waals surface area contributed by atoms with E-state index < -0.39 is 108 Å². The molecule has 1 aliphatic rings. The van der Waals surface area contributed by atoms with E-state index in [9.17, 15) is 48.3 Å². The fourth-order valence-electron chi connectivity index (χ4n) is 6.77. The van der Waals surface area contributed by atoms with Crippen LogP contribution in [0.2, 0.25) is 0 Å². The Kier molecular flexibility index (Phi) is 21.3. The molecule has 1 saturated heterocycles. The van der Waals surface area contributed by atoms with Crippen molar-refractivity contribution in [2.45, 2.75) is 128 Å². The number of hydrogen-bond donors (Lipinski definition) is 11. The molecule has 0 bridgehead atoms. The van der Waals surface area contributed by atoms with Gasteiger partial charge < -0.3 is 64.6 Å². The van der Waals surface area contributed by atoms with Gasteiger partial charge >= 0.3 is 11.9 Å². The maximum Gasteiger partial charge on any atom is 0.326 e. The van der Waals surface area contributed by atoms with Crippen LogP contribution >= 0.6 is 0 Å². The van der Waals surface area contributed by atoms with Gasteiger partial charge in [0.1, 0.15) is 36.3 Å². The molecule has 15 N–H and O–H groups in total. The number of nitrogens with two attached hydrogens (primary N) is 4. The summed E-state index contributed by atoms with van der Waals surface area (Å²) in [5.41, 5.74) is 22.7. The van der Waals surface area contributed by atoms with Crippen LogP contribution in [0, 0.1) is 11.8 Å². The van der Waals surface area contributed by atoms with Crippen molar-refractivity contribution in [2.24, 2.45) is 39.8 Å². The van der Waals surface area contributed by atoms with Gasteiger partial charge in [-0.05, 0) is 55.9 Å². The normalized spacial score (nSPS) is 16.4. The van der Waals surface area contributed by atoms with E-state index in [1.807, 2.05) is 0 Å². The van der Waals surface area contributed by atoms with Crippen LogP contribution in [0.4, 0.5) is 0 Å². The van der Waals surface area contributed by atoms with Crippen molar-refractivity contribution < 1.29 is 53.4 Å². The highest BCUT2D eigenvalue weighted by Crippen LogP contribution is 2.20. The number of carbonyl (C=O) groups is 9. The van der Waals surface area contributed by atoms with Gasteiger partial charge in [-0.15, -0.1) is 0 Å². The third-order valence-electron chi connectivity index (χ3n) is 9.75. The first-order chi connectivity index (χ1) is 29.1. The minimum atomic E-state index is -1.56. The summed E-state index contributed by atoms with van der Waals surface area (Å²) in [5, 5.41) is 31.7. The van der Waals surface area contributed by atoms with Gasteiger partial charge in [0, 0.05) is 19.5 Å². The Balaban J connectivity index is 2.40. The van der Waals surface area contributed by atoms with Gasteiger partial charge in [0.25, 0.3) is 0 Å². The summed E-state index contributed by atoms with van der Waals surface area (Å²) >= 11 is 0. The Hall–Kier alpha value is -6.32. The average molecular weight is 874 g/mol. The van der Waals surface area contributed by atoms with Crippen LogP contribution in [0.3, 0.4) is 0 Å². The van der Waals surface area contributed by atoms with E-state index in [-0.39, 0.29) is 69.4 Å². The summed E-state index contributed by atoms with van der Waals surface area (Å²) in [4.78, 5) is 122. The Morgan fingerprint density at radius 2 is 1.21 bits per heavy atom. The first-order valence-corrected chi connectivity index (χ1v) is 20.5. The molecule has 1 aromatic rings. The van der Waals surface area contributed by atoms with Crippen molar-refractivity contribution in [1.82, 2.24) is 31.5 Å². The van der Waals surface area contributed by atoms with E-state index >= 15 is 0 Å². The maximum absolute atomic E-state index is 14.1. The quantitative estimate of drug-likeness (QED) is 0.0262. The van der Waals surface area contributed by atoms with Crippen molar-refractivity contribution in [3.05, 3.63) is 35.9 Å². The van der Waals surface area contributed by atoms with Crippen molar-refractivity contribution in [3.63, 3.8) is 0 Å². The summed E-state index contributed by atoms with van der Waals surface area (Å²) in [5.74, 6) is -9.13. The molecule has 0 saturated carbocycles. The van der Waals surface area contributed by atoms with E-state index in [1.165, 1.54) is 0 Å². The molecule has 0 aromatic heterocycles. The largest absolute Gasteiger partial charge is 0.481 e. The molecule has 7 amide bonds. The van der Waals surface area contributed by atoms with E-state index in [4.69, 9.17) is 28.0 Å². The van der Waals surface area contributed by atoms with Crippen LogP contribution in [-0.2, 0) is 49.6 Å². The summed E-state index contributed by atoms with van der Waals surface area (Å²) in [6.45, 7) is 7.28. The number of aliphatic carboxylic acids is 2. The number of aliphatic imine (C=N–C) groups is 1. The number of likely N-dealkylation sites (tertiary alicyclic amines) is 1. The van der Waals surface area contributed by atoms with Crippen LogP contribution in [0.15, 0.2) is 35.3 Å². The molecule has 22 nitrogen and oxygen atoms in total. The number of carboxylic acids is 2. The number of carbonyl (C=O) groups excluding carboxylic acids is 7. The lowest BCUT2D eigenvalue weighted by atomic mass is 9.98. The molecule has 2 rings (SSSR count). The molecule has 0 spiro atoms. The molecule has 1 aliphatic heterocycles. The van der Waals surface area contributed by atoms with Crippen LogP contribution in [0.1, 0.15) is 84.6 Å². The molecular weight excluding hydrogens is 811 g/mol. The molecule has 344 valence electrons. The summed E-state index contributed by atoms with van der Waals surface area (Å²) in [6.07, 6.45) is -0.655. The highest BCUT2D eigenvalue weighted by molar-refractivity contribution is 5.98. The molecule has 22 heteroatoms. The maximum atomic E-state index is 14.1. The summed E-state index contributed by atoms with van der Waals surface area (Å²) in [7, 11) is 0. The number of rotatable bonds is 26. The zero-order valence-electron chi connectivity index (χ0n) is 35.6. The Morgan fingerprint density at radius 3 is 1.71 bits per heavy atom. The number of primary amides is 1. The number of hydrogen-bond acceptors (Lipinski definition) is 11. The molecule has 1 aromatic carbocycles. The van der Waals surface area contributed by atoms with Gasteiger partial charge in [0.15, 0.2) is 5.96 Å². The minimum absolute atomic E-state index is 0.0384. The summed E-state index contributed by atoms with van der Waals surface area (Å²) in [6, 6.07) is -0.781. The van der Waals surface area contributed by atoms with Crippen molar-refractivity contribution in [1.29, 1.82) is 0 Å². The fraction of sp³-hybridized carbons (Fsp3) is 0.600. The predicted octanol–water partition coefficient (Wildman–Crippen LogP) is -2.45. The summed E-state index contributed by atoms with van der Waals surface area (Å²) < 4.78 is 0.